The van der Waals surface area contributed by atoms with Crippen molar-refractivity contribution in [2.24, 2.45) is 0 Å². The predicted molar refractivity (Wildman–Crippen MR) is 51.3 cm³/mol. The normalized spacial score (nSPS) is 21.5. The Balaban J connectivity index is 2.37. The molecule has 1 N–H and O–H groups in total. The smallest absolute Gasteiger partial charge is 0.144 e. The van der Waals surface area contributed by atoms with E-state index in [1.54, 1.807) is 0 Å². The standard InChI is InChI=1S/C10H10ClF2N/c11-7-4-6(8(12)5-9(7)13)10-2-1-3-14-10/h4-5,10,14H,1-3H2/t10-/m1/s1. The van der Waals surface area contributed by atoms with Crippen molar-refractivity contribution in [3.63, 3.8) is 0 Å². The van der Waals surface area contributed by atoms with E-state index in [0.29, 0.717) is 5.56 Å². The summed E-state index contributed by atoms with van der Waals surface area (Å²) in [5, 5.41) is 3.12. The van der Waals surface area contributed by atoms with Gasteiger partial charge in [-0.05, 0) is 25.5 Å². The minimum Gasteiger partial charge on any atom is -0.310 e. The first-order chi connectivity index (χ1) is 6.68. The Hall–Kier alpha value is -0.670. The molecule has 0 amide bonds. The lowest BCUT2D eigenvalue weighted by Gasteiger charge is -2.12. The first-order valence-electron chi connectivity index (χ1n) is 4.56. The molecule has 2 rings (SSSR count). The van der Waals surface area contributed by atoms with Gasteiger partial charge in [0, 0.05) is 17.7 Å². The monoisotopic (exact) mass is 217 g/mol. The third-order valence-corrected chi connectivity index (χ3v) is 2.76. The van der Waals surface area contributed by atoms with E-state index < -0.39 is 11.6 Å². The van der Waals surface area contributed by atoms with Crippen molar-refractivity contribution in [3.8, 4) is 0 Å². The molecule has 1 aromatic rings. The lowest BCUT2D eigenvalue weighted by molar-refractivity contribution is 0.540. The topological polar surface area (TPSA) is 12.0 Å². The average Bonchev–Trinajstić information content (AvgIpc) is 2.64. The van der Waals surface area contributed by atoms with Gasteiger partial charge in [0.25, 0.3) is 0 Å². The molecule has 1 nitrogen and oxygen atoms in total. The van der Waals surface area contributed by atoms with E-state index in [4.69, 9.17) is 11.6 Å². The van der Waals surface area contributed by atoms with Crippen molar-refractivity contribution in [1.29, 1.82) is 0 Å². The summed E-state index contributed by atoms with van der Waals surface area (Å²) < 4.78 is 26.2. The number of rotatable bonds is 1. The molecule has 0 radical (unpaired) electrons. The van der Waals surface area contributed by atoms with Crippen molar-refractivity contribution < 1.29 is 8.78 Å². The van der Waals surface area contributed by atoms with Crippen LogP contribution < -0.4 is 5.32 Å². The molecule has 76 valence electrons. The van der Waals surface area contributed by atoms with Gasteiger partial charge < -0.3 is 5.32 Å². The van der Waals surface area contributed by atoms with Crippen LogP contribution in [0.25, 0.3) is 0 Å². The van der Waals surface area contributed by atoms with Crippen LogP contribution in [-0.2, 0) is 0 Å². The van der Waals surface area contributed by atoms with Gasteiger partial charge >= 0.3 is 0 Å². The number of hydrogen-bond donors (Lipinski definition) is 1. The lowest BCUT2D eigenvalue weighted by Crippen LogP contribution is -2.14. The molecule has 0 saturated carbocycles. The van der Waals surface area contributed by atoms with E-state index in [1.165, 1.54) is 6.07 Å². The molecule has 0 aromatic heterocycles. The fourth-order valence-corrected chi connectivity index (χ4v) is 1.93. The van der Waals surface area contributed by atoms with Crippen LogP contribution in [0.5, 0.6) is 0 Å². The Kier molecular flexibility index (Phi) is 2.70. The fourth-order valence-electron chi connectivity index (χ4n) is 1.75. The third kappa shape index (κ3) is 1.74. The van der Waals surface area contributed by atoms with Crippen molar-refractivity contribution in [3.05, 3.63) is 34.4 Å². The minimum absolute atomic E-state index is 0.0184. The van der Waals surface area contributed by atoms with Crippen molar-refractivity contribution in [1.82, 2.24) is 5.32 Å². The molecule has 0 unspecified atom stereocenters. The molecule has 1 saturated heterocycles. The molecule has 1 aliphatic heterocycles. The van der Waals surface area contributed by atoms with Gasteiger partial charge in [-0.25, -0.2) is 8.78 Å². The quantitative estimate of drug-likeness (QED) is 0.713. The summed E-state index contributed by atoms with van der Waals surface area (Å²) in [4.78, 5) is 0. The van der Waals surface area contributed by atoms with Gasteiger partial charge in [0.05, 0.1) is 5.02 Å². The van der Waals surface area contributed by atoms with Crippen molar-refractivity contribution in [2.45, 2.75) is 18.9 Å². The highest BCUT2D eigenvalue weighted by atomic mass is 35.5. The van der Waals surface area contributed by atoms with Crippen LogP contribution in [0, 0.1) is 11.6 Å². The molecule has 14 heavy (non-hydrogen) atoms. The first-order valence-corrected chi connectivity index (χ1v) is 4.94. The number of halogens is 3. The van der Waals surface area contributed by atoms with Gasteiger partial charge in [0.2, 0.25) is 0 Å². The highest BCUT2D eigenvalue weighted by molar-refractivity contribution is 6.30. The second-order valence-electron chi connectivity index (χ2n) is 3.44. The van der Waals surface area contributed by atoms with Crippen LogP contribution in [0.2, 0.25) is 5.02 Å². The Morgan fingerprint density at radius 3 is 2.71 bits per heavy atom. The molecule has 0 spiro atoms. The fraction of sp³-hybridized carbons (Fsp3) is 0.400. The Labute approximate surface area is 86.1 Å². The summed E-state index contributed by atoms with van der Waals surface area (Å²) in [7, 11) is 0. The minimum atomic E-state index is -0.703. The predicted octanol–water partition coefficient (Wildman–Crippen LogP) is 3.04. The number of nitrogens with one attached hydrogen (secondary N) is 1. The molecule has 0 bridgehead atoms. The van der Waals surface area contributed by atoms with Gasteiger partial charge in [-0.15, -0.1) is 0 Å². The Bertz CT molecular complexity index is 348. The Morgan fingerprint density at radius 2 is 2.07 bits per heavy atom. The van der Waals surface area contributed by atoms with Gasteiger partial charge in [-0.2, -0.15) is 0 Å². The zero-order chi connectivity index (χ0) is 10.1. The van der Waals surface area contributed by atoms with E-state index in [0.717, 1.165) is 25.5 Å². The van der Waals surface area contributed by atoms with E-state index in [2.05, 4.69) is 5.32 Å². The first kappa shape index (κ1) is 9.87. The van der Waals surface area contributed by atoms with E-state index >= 15 is 0 Å². The molecule has 1 fully saturated rings. The third-order valence-electron chi connectivity index (χ3n) is 2.48. The van der Waals surface area contributed by atoms with E-state index in [1.807, 2.05) is 0 Å². The van der Waals surface area contributed by atoms with Crippen LogP contribution >= 0.6 is 11.6 Å². The highest BCUT2D eigenvalue weighted by Crippen LogP contribution is 2.28. The SMILES string of the molecule is Fc1cc(F)c([C@H]2CCCN2)cc1Cl. The molecule has 1 aliphatic rings. The zero-order valence-corrected chi connectivity index (χ0v) is 8.24. The van der Waals surface area contributed by atoms with Crippen LogP contribution in [0.4, 0.5) is 8.78 Å². The van der Waals surface area contributed by atoms with Crippen LogP contribution in [-0.4, -0.2) is 6.54 Å². The molecule has 1 aromatic carbocycles. The molecule has 0 aliphatic carbocycles. The highest BCUT2D eigenvalue weighted by Gasteiger charge is 2.20. The summed E-state index contributed by atoms with van der Waals surface area (Å²) >= 11 is 5.59. The van der Waals surface area contributed by atoms with Crippen LogP contribution in [0.1, 0.15) is 24.4 Å². The van der Waals surface area contributed by atoms with E-state index in [9.17, 15) is 8.78 Å². The summed E-state index contributed by atoms with van der Waals surface area (Å²) in [6, 6.07) is 2.19. The van der Waals surface area contributed by atoms with Gasteiger partial charge in [-0.3, -0.25) is 0 Å². The molecule has 1 atom stereocenters. The van der Waals surface area contributed by atoms with Gasteiger partial charge in [0.15, 0.2) is 0 Å². The zero-order valence-electron chi connectivity index (χ0n) is 7.49. The average molecular weight is 218 g/mol. The largest absolute Gasteiger partial charge is 0.310 e. The second-order valence-corrected chi connectivity index (χ2v) is 3.84. The summed E-state index contributed by atoms with van der Waals surface area (Å²) in [6.45, 7) is 0.874. The number of hydrogen-bond acceptors (Lipinski definition) is 1. The van der Waals surface area contributed by atoms with Crippen LogP contribution in [0.15, 0.2) is 12.1 Å². The maximum atomic E-state index is 13.3. The Morgan fingerprint density at radius 1 is 1.29 bits per heavy atom. The second kappa shape index (κ2) is 3.83. The number of benzene rings is 1. The van der Waals surface area contributed by atoms with Crippen molar-refractivity contribution in [2.75, 3.05) is 6.54 Å². The van der Waals surface area contributed by atoms with Gasteiger partial charge in [-0.1, -0.05) is 11.6 Å². The molecule has 1 heterocycles. The lowest BCUT2D eigenvalue weighted by atomic mass is 10.0. The van der Waals surface area contributed by atoms with Crippen molar-refractivity contribution >= 4 is 11.6 Å². The maximum absolute atomic E-state index is 13.3. The maximum Gasteiger partial charge on any atom is 0.144 e. The molecule has 4 heteroatoms. The molecular formula is C10H10ClF2N. The summed E-state index contributed by atoms with van der Waals surface area (Å²) in [6.07, 6.45) is 1.89. The summed E-state index contributed by atoms with van der Waals surface area (Å²) in [5.41, 5.74) is 0.467. The molecular weight excluding hydrogens is 208 g/mol. The van der Waals surface area contributed by atoms with E-state index in [-0.39, 0.29) is 11.1 Å². The van der Waals surface area contributed by atoms with Gasteiger partial charge in [0.1, 0.15) is 11.6 Å². The van der Waals surface area contributed by atoms with Crippen LogP contribution in [0.3, 0.4) is 0 Å². The summed E-state index contributed by atoms with van der Waals surface area (Å²) in [5.74, 6) is -1.22.